The van der Waals surface area contributed by atoms with Crippen molar-refractivity contribution in [3.63, 3.8) is 0 Å². The Kier molecular flexibility index (Phi) is 6.25. The van der Waals surface area contributed by atoms with Crippen LogP contribution in [0.15, 0.2) is 63.9 Å². The quantitative estimate of drug-likeness (QED) is 0.414. The molecule has 26 heavy (non-hydrogen) atoms. The number of rotatable bonds is 8. The molecule has 134 valence electrons. The van der Waals surface area contributed by atoms with Crippen LogP contribution in [0.3, 0.4) is 0 Å². The first kappa shape index (κ1) is 18.4. The van der Waals surface area contributed by atoms with E-state index in [1.165, 1.54) is 0 Å². The van der Waals surface area contributed by atoms with Crippen LogP contribution in [0.1, 0.15) is 23.2 Å². The highest BCUT2D eigenvalue weighted by atomic mass is 32.2. The predicted octanol–water partition coefficient (Wildman–Crippen LogP) is 4.74. The van der Waals surface area contributed by atoms with Gasteiger partial charge in [-0.15, -0.1) is 29.7 Å². The van der Waals surface area contributed by atoms with Crippen molar-refractivity contribution in [2.24, 2.45) is 0 Å². The Labute approximate surface area is 160 Å². The third kappa shape index (κ3) is 4.23. The molecular formula is C19H19N3O2S2. The summed E-state index contributed by atoms with van der Waals surface area (Å²) in [7, 11) is 0. The standard InChI is InChI=1S/C19H19N3O2S2/c1-3-11-25-15-9-6-5-8-14(15)19(23)22(4-2)13-17-20-18(21-24-17)16-10-7-12-26-16/h3,5-10,12H,1,4,11,13H2,2H3. The van der Waals surface area contributed by atoms with Gasteiger partial charge < -0.3 is 9.42 Å². The van der Waals surface area contributed by atoms with Crippen molar-refractivity contribution in [1.82, 2.24) is 15.0 Å². The summed E-state index contributed by atoms with van der Waals surface area (Å²) in [6.07, 6.45) is 1.83. The number of carbonyl (C=O) groups excluding carboxylic acids is 1. The van der Waals surface area contributed by atoms with E-state index in [1.807, 2.05) is 54.8 Å². The number of aromatic nitrogens is 2. The SMILES string of the molecule is C=CCSc1ccccc1C(=O)N(CC)Cc1nc(-c2cccs2)no1. The Morgan fingerprint density at radius 1 is 1.35 bits per heavy atom. The zero-order chi connectivity index (χ0) is 18.4. The number of thioether (sulfide) groups is 1. The second kappa shape index (κ2) is 8.82. The second-order valence-corrected chi connectivity index (χ2v) is 7.41. The van der Waals surface area contributed by atoms with Crippen molar-refractivity contribution >= 4 is 29.0 Å². The van der Waals surface area contributed by atoms with Gasteiger partial charge in [-0.25, -0.2) is 0 Å². The number of hydrogen-bond acceptors (Lipinski definition) is 6. The van der Waals surface area contributed by atoms with Crippen LogP contribution in [-0.2, 0) is 6.54 Å². The number of carbonyl (C=O) groups is 1. The van der Waals surface area contributed by atoms with Crippen molar-refractivity contribution in [2.75, 3.05) is 12.3 Å². The molecule has 0 aliphatic carbocycles. The minimum Gasteiger partial charge on any atom is -0.337 e. The average Bonchev–Trinajstić information content (AvgIpc) is 3.35. The van der Waals surface area contributed by atoms with E-state index >= 15 is 0 Å². The number of hydrogen-bond donors (Lipinski definition) is 0. The third-order valence-electron chi connectivity index (χ3n) is 3.68. The summed E-state index contributed by atoms with van der Waals surface area (Å²) in [5, 5.41) is 5.97. The van der Waals surface area contributed by atoms with Gasteiger partial charge in [0.1, 0.15) is 6.54 Å². The molecule has 0 aliphatic heterocycles. The van der Waals surface area contributed by atoms with Crippen molar-refractivity contribution in [2.45, 2.75) is 18.4 Å². The third-order valence-corrected chi connectivity index (χ3v) is 5.61. The lowest BCUT2D eigenvalue weighted by Crippen LogP contribution is -2.30. The predicted molar refractivity (Wildman–Crippen MR) is 105 cm³/mol. The van der Waals surface area contributed by atoms with Crippen molar-refractivity contribution in [3.8, 4) is 10.7 Å². The van der Waals surface area contributed by atoms with E-state index in [0.29, 0.717) is 23.8 Å². The van der Waals surface area contributed by atoms with E-state index in [1.54, 1.807) is 28.0 Å². The molecule has 5 nitrogen and oxygen atoms in total. The Morgan fingerprint density at radius 3 is 2.92 bits per heavy atom. The lowest BCUT2D eigenvalue weighted by atomic mass is 10.2. The first-order valence-corrected chi connectivity index (χ1v) is 10.1. The van der Waals surface area contributed by atoms with E-state index in [4.69, 9.17) is 4.52 Å². The van der Waals surface area contributed by atoms with Gasteiger partial charge in [0.05, 0.1) is 10.4 Å². The fourth-order valence-corrected chi connectivity index (χ4v) is 3.84. The van der Waals surface area contributed by atoms with E-state index in [2.05, 4.69) is 16.7 Å². The zero-order valence-electron chi connectivity index (χ0n) is 14.4. The molecule has 0 N–H and O–H groups in total. The summed E-state index contributed by atoms with van der Waals surface area (Å²) in [5.41, 5.74) is 0.680. The molecule has 0 bridgehead atoms. The summed E-state index contributed by atoms with van der Waals surface area (Å²) in [5.74, 6) is 1.69. The van der Waals surface area contributed by atoms with Gasteiger partial charge in [0.15, 0.2) is 0 Å². The van der Waals surface area contributed by atoms with Gasteiger partial charge in [0.25, 0.3) is 5.91 Å². The van der Waals surface area contributed by atoms with Crippen LogP contribution in [-0.4, -0.2) is 33.2 Å². The molecule has 0 spiro atoms. The van der Waals surface area contributed by atoms with Crippen molar-refractivity contribution < 1.29 is 9.32 Å². The van der Waals surface area contributed by atoms with Crippen LogP contribution in [0.2, 0.25) is 0 Å². The van der Waals surface area contributed by atoms with Gasteiger partial charge in [0, 0.05) is 17.2 Å². The molecule has 0 fully saturated rings. The average molecular weight is 386 g/mol. The molecule has 3 rings (SSSR count). The fourth-order valence-electron chi connectivity index (χ4n) is 2.40. The molecule has 1 amide bonds. The molecule has 0 atom stereocenters. The summed E-state index contributed by atoms with van der Waals surface area (Å²) < 4.78 is 5.34. The van der Waals surface area contributed by atoms with Gasteiger partial charge in [0.2, 0.25) is 11.7 Å². The maximum Gasteiger partial charge on any atom is 0.255 e. The maximum absolute atomic E-state index is 13.0. The number of thiophene rings is 1. The molecule has 0 saturated carbocycles. The van der Waals surface area contributed by atoms with E-state index in [9.17, 15) is 4.79 Å². The molecule has 2 aromatic heterocycles. The van der Waals surface area contributed by atoms with Crippen molar-refractivity contribution in [3.05, 3.63) is 65.9 Å². The largest absolute Gasteiger partial charge is 0.337 e. The Balaban J connectivity index is 1.77. The molecule has 0 saturated heterocycles. The van der Waals surface area contributed by atoms with Crippen LogP contribution in [0.4, 0.5) is 0 Å². The van der Waals surface area contributed by atoms with Crippen molar-refractivity contribution in [1.29, 1.82) is 0 Å². The van der Waals surface area contributed by atoms with Crippen LogP contribution >= 0.6 is 23.1 Å². The Morgan fingerprint density at radius 2 is 2.19 bits per heavy atom. The molecule has 0 unspecified atom stereocenters. The monoisotopic (exact) mass is 385 g/mol. The number of benzene rings is 1. The van der Waals surface area contributed by atoms with Crippen LogP contribution in [0, 0.1) is 0 Å². The van der Waals surface area contributed by atoms with Gasteiger partial charge in [-0.05, 0) is 30.5 Å². The fraction of sp³-hybridized carbons (Fsp3) is 0.211. The van der Waals surface area contributed by atoms with Gasteiger partial charge >= 0.3 is 0 Å². The van der Waals surface area contributed by atoms with E-state index < -0.39 is 0 Å². The van der Waals surface area contributed by atoms with Crippen LogP contribution in [0.25, 0.3) is 10.7 Å². The summed E-state index contributed by atoms with van der Waals surface area (Å²) >= 11 is 3.15. The summed E-state index contributed by atoms with van der Waals surface area (Å²) in [6.45, 7) is 6.51. The summed E-state index contributed by atoms with van der Waals surface area (Å²) in [4.78, 5) is 21.0. The van der Waals surface area contributed by atoms with Gasteiger partial charge in [-0.3, -0.25) is 4.79 Å². The lowest BCUT2D eigenvalue weighted by molar-refractivity contribution is 0.0731. The second-order valence-electron chi connectivity index (χ2n) is 5.40. The van der Waals surface area contributed by atoms with E-state index in [0.717, 1.165) is 15.5 Å². The minimum absolute atomic E-state index is 0.0458. The highest BCUT2D eigenvalue weighted by Gasteiger charge is 2.20. The highest BCUT2D eigenvalue weighted by molar-refractivity contribution is 7.99. The number of amides is 1. The maximum atomic E-state index is 13.0. The first-order valence-electron chi connectivity index (χ1n) is 8.21. The molecule has 0 radical (unpaired) electrons. The molecule has 7 heteroatoms. The van der Waals surface area contributed by atoms with Gasteiger partial charge in [-0.1, -0.05) is 29.4 Å². The highest BCUT2D eigenvalue weighted by Crippen LogP contribution is 2.25. The Hall–Kier alpha value is -2.38. The molecule has 0 aliphatic rings. The smallest absolute Gasteiger partial charge is 0.255 e. The van der Waals surface area contributed by atoms with Gasteiger partial charge in [-0.2, -0.15) is 4.98 Å². The van der Waals surface area contributed by atoms with Crippen LogP contribution in [0.5, 0.6) is 0 Å². The molecule has 1 aromatic carbocycles. The first-order chi connectivity index (χ1) is 12.7. The summed E-state index contributed by atoms with van der Waals surface area (Å²) in [6, 6.07) is 11.5. The Bertz CT molecular complexity index is 875. The molecular weight excluding hydrogens is 366 g/mol. The topological polar surface area (TPSA) is 59.2 Å². The minimum atomic E-state index is -0.0458. The normalized spacial score (nSPS) is 10.7. The van der Waals surface area contributed by atoms with E-state index in [-0.39, 0.29) is 12.5 Å². The zero-order valence-corrected chi connectivity index (χ0v) is 16.1. The lowest BCUT2D eigenvalue weighted by Gasteiger charge is -2.20. The van der Waals surface area contributed by atoms with Crippen LogP contribution < -0.4 is 0 Å². The molecule has 2 heterocycles. The number of nitrogens with zero attached hydrogens (tertiary/aromatic N) is 3. The molecule has 3 aromatic rings.